The van der Waals surface area contributed by atoms with Crippen LogP contribution in [-0.4, -0.2) is 23.5 Å². The van der Waals surface area contributed by atoms with Crippen molar-refractivity contribution in [1.82, 2.24) is 5.32 Å². The standard InChI is InChI=1S/C24H22ClN3O3S/c1-2-16-6-12-21(13-7-16)31-15-22(29)28-24(32)27-20-10-8-19(9-11-20)26-23(30)17-4-3-5-18(25)14-17/h3-14H,2,15H2,1H3,(H,26,30)(H2,27,28,29,32). The predicted molar refractivity (Wildman–Crippen MR) is 132 cm³/mol. The largest absolute Gasteiger partial charge is 0.484 e. The van der Waals surface area contributed by atoms with Crippen LogP contribution in [0, 0.1) is 0 Å². The van der Waals surface area contributed by atoms with Crippen molar-refractivity contribution in [2.24, 2.45) is 0 Å². The molecule has 0 aliphatic heterocycles. The van der Waals surface area contributed by atoms with E-state index in [1.807, 2.05) is 24.3 Å². The summed E-state index contributed by atoms with van der Waals surface area (Å²) in [6, 6.07) is 21.2. The Kier molecular flexibility index (Phi) is 8.19. The van der Waals surface area contributed by atoms with Crippen molar-refractivity contribution < 1.29 is 14.3 Å². The molecule has 0 atom stereocenters. The molecule has 0 bridgehead atoms. The molecule has 0 unspecified atom stereocenters. The number of rotatable bonds is 7. The lowest BCUT2D eigenvalue weighted by atomic mass is 10.2. The molecule has 0 spiro atoms. The number of ether oxygens (including phenoxy) is 1. The maximum Gasteiger partial charge on any atom is 0.264 e. The second kappa shape index (κ2) is 11.3. The molecule has 0 saturated heterocycles. The van der Waals surface area contributed by atoms with E-state index in [2.05, 4.69) is 22.9 Å². The molecule has 2 amide bonds. The molecule has 3 rings (SSSR count). The van der Waals surface area contributed by atoms with Gasteiger partial charge < -0.3 is 15.4 Å². The first-order chi connectivity index (χ1) is 15.4. The summed E-state index contributed by atoms with van der Waals surface area (Å²) in [6.07, 6.45) is 0.940. The van der Waals surface area contributed by atoms with E-state index in [1.54, 1.807) is 48.5 Å². The summed E-state index contributed by atoms with van der Waals surface area (Å²) in [6.45, 7) is 1.92. The second-order valence-electron chi connectivity index (χ2n) is 6.83. The predicted octanol–water partition coefficient (Wildman–Crippen LogP) is 5.05. The highest BCUT2D eigenvalue weighted by Gasteiger charge is 2.08. The fourth-order valence-electron chi connectivity index (χ4n) is 2.77. The molecule has 164 valence electrons. The maximum absolute atomic E-state index is 12.3. The minimum Gasteiger partial charge on any atom is -0.484 e. The molecular formula is C24H22ClN3O3S. The molecule has 0 heterocycles. The Morgan fingerprint density at radius 1 is 0.938 bits per heavy atom. The van der Waals surface area contributed by atoms with Gasteiger partial charge in [0.05, 0.1) is 0 Å². The Labute approximate surface area is 196 Å². The lowest BCUT2D eigenvalue weighted by molar-refractivity contribution is -0.121. The molecule has 32 heavy (non-hydrogen) atoms. The Morgan fingerprint density at radius 2 is 1.59 bits per heavy atom. The molecule has 3 N–H and O–H groups in total. The second-order valence-corrected chi connectivity index (χ2v) is 7.67. The molecule has 0 aromatic heterocycles. The molecule has 3 aromatic rings. The number of aryl methyl sites for hydroxylation is 1. The van der Waals surface area contributed by atoms with Crippen molar-refractivity contribution in [3.05, 3.63) is 88.9 Å². The van der Waals surface area contributed by atoms with Crippen molar-refractivity contribution in [1.29, 1.82) is 0 Å². The van der Waals surface area contributed by atoms with E-state index < -0.39 is 0 Å². The summed E-state index contributed by atoms with van der Waals surface area (Å²) in [7, 11) is 0. The van der Waals surface area contributed by atoms with Gasteiger partial charge in [0.2, 0.25) is 0 Å². The van der Waals surface area contributed by atoms with Gasteiger partial charge in [-0.2, -0.15) is 0 Å². The van der Waals surface area contributed by atoms with Gasteiger partial charge in [0.15, 0.2) is 11.7 Å². The third-order valence-electron chi connectivity index (χ3n) is 4.44. The lowest BCUT2D eigenvalue weighted by Crippen LogP contribution is -2.37. The molecule has 6 nitrogen and oxygen atoms in total. The van der Waals surface area contributed by atoms with Crippen LogP contribution < -0.4 is 20.7 Å². The van der Waals surface area contributed by atoms with Gasteiger partial charge in [-0.25, -0.2) is 0 Å². The average molecular weight is 468 g/mol. The first kappa shape index (κ1) is 23.2. The monoisotopic (exact) mass is 467 g/mol. The van der Waals surface area contributed by atoms with Gasteiger partial charge in [0.25, 0.3) is 11.8 Å². The van der Waals surface area contributed by atoms with Crippen LogP contribution in [0.4, 0.5) is 11.4 Å². The third-order valence-corrected chi connectivity index (χ3v) is 4.88. The molecule has 8 heteroatoms. The number of carbonyl (C=O) groups is 2. The zero-order chi connectivity index (χ0) is 22.9. The van der Waals surface area contributed by atoms with Crippen LogP contribution in [0.15, 0.2) is 72.8 Å². The van der Waals surface area contributed by atoms with Gasteiger partial charge in [0.1, 0.15) is 5.75 Å². The lowest BCUT2D eigenvalue weighted by Gasteiger charge is -2.11. The van der Waals surface area contributed by atoms with Gasteiger partial charge in [-0.3, -0.25) is 14.9 Å². The smallest absolute Gasteiger partial charge is 0.264 e. The van der Waals surface area contributed by atoms with E-state index in [1.165, 1.54) is 5.56 Å². The summed E-state index contributed by atoms with van der Waals surface area (Å²) < 4.78 is 5.47. The van der Waals surface area contributed by atoms with E-state index in [-0.39, 0.29) is 23.5 Å². The summed E-state index contributed by atoms with van der Waals surface area (Å²) in [5.74, 6) is -0.0144. The quantitative estimate of drug-likeness (QED) is 0.424. The first-order valence-corrected chi connectivity index (χ1v) is 10.7. The Bertz CT molecular complexity index is 1100. The Hall–Kier alpha value is -3.42. The zero-order valence-corrected chi connectivity index (χ0v) is 18.9. The summed E-state index contributed by atoms with van der Waals surface area (Å²) in [5, 5.41) is 8.92. The van der Waals surface area contributed by atoms with E-state index in [0.717, 1.165) is 6.42 Å². The van der Waals surface area contributed by atoms with Crippen molar-refractivity contribution in [3.63, 3.8) is 0 Å². The number of nitrogens with one attached hydrogen (secondary N) is 3. The molecule has 0 saturated carbocycles. The fraction of sp³-hybridized carbons (Fsp3) is 0.125. The highest BCUT2D eigenvalue weighted by atomic mass is 35.5. The molecule has 0 aliphatic carbocycles. The van der Waals surface area contributed by atoms with Crippen LogP contribution in [0.3, 0.4) is 0 Å². The van der Waals surface area contributed by atoms with E-state index >= 15 is 0 Å². The zero-order valence-electron chi connectivity index (χ0n) is 17.4. The molecule has 0 radical (unpaired) electrons. The van der Waals surface area contributed by atoms with E-state index in [9.17, 15) is 9.59 Å². The van der Waals surface area contributed by atoms with Crippen LogP contribution in [0.25, 0.3) is 0 Å². The number of amides is 2. The maximum atomic E-state index is 12.3. The van der Waals surface area contributed by atoms with Crippen LogP contribution in [0.1, 0.15) is 22.8 Å². The summed E-state index contributed by atoms with van der Waals surface area (Å²) in [4.78, 5) is 24.3. The van der Waals surface area contributed by atoms with Crippen LogP contribution in [-0.2, 0) is 11.2 Å². The number of carbonyl (C=O) groups excluding carboxylic acids is 2. The van der Waals surface area contributed by atoms with E-state index in [4.69, 9.17) is 28.6 Å². The SMILES string of the molecule is CCc1ccc(OCC(=O)NC(=S)Nc2ccc(NC(=O)c3cccc(Cl)c3)cc2)cc1. The minimum atomic E-state index is -0.368. The van der Waals surface area contributed by atoms with Crippen molar-refractivity contribution in [2.75, 3.05) is 17.2 Å². The van der Waals surface area contributed by atoms with Crippen molar-refractivity contribution in [3.8, 4) is 5.75 Å². The van der Waals surface area contributed by atoms with Gasteiger partial charge in [-0.05, 0) is 78.8 Å². The molecular weight excluding hydrogens is 446 g/mol. The van der Waals surface area contributed by atoms with E-state index in [0.29, 0.717) is 27.7 Å². The van der Waals surface area contributed by atoms with Gasteiger partial charge in [-0.1, -0.05) is 36.7 Å². The third kappa shape index (κ3) is 7.08. The molecule has 3 aromatic carbocycles. The van der Waals surface area contributed by atoms with Crippen LogP contribution in [0.2, 0.25) is 5.02 Å². The van der Waals surface area contributed by atoms with Crippen molar-refractivity contribution >= 4 is 52.1 Å². The topological polar surface area (TPSA) is 79.5 Å². The fourth-order valence-corrected chi connectivity index (χ4v) is 3.19. The highest BCUT2D eigenvalue weighted by Crippen LogP contribution is 2.16. The minimum absolute atomic E-state index is 0.149. The number of hydrogen-bond donors (Lipinski definition) is 3. The summed E-state index contributed by atoms with van der Waals surface area (Å²) >= 11 is 11.1. The first-order valence-electron chi connectivity index (χ1n) is 9.92. The van der Waals surface area contributed by atoms with Crippen LogP contribution in [0.5, 0.6) is 5.75 Å². The molecule has 0 fully saturated rings. The Balaban J connectivity index is 1.45. The van der Waals surface area contributed by atoms with Gasteiger partial charge in [-0.15, -0.1) is 0 Å². The van der Waals surface area contributed by atoms with Crippen molar-refractivity contribution in [2.45, 2.75) is 13.3 Å². The van der Waals surface area contributed by atoms with Gasteiger partial charge in [0, 0.05) is 22.0 Å². The number of anilines is 2. The van der Waals surface area contributed by atoms with Crippen LogP contribution >= 0.6 is 23.8 Å². The number of halogens is 1. The average Bonchev–Trinajstić information content (AvgIpc) is 2.79. The Morgan fingerprint density at radius 3 is 2.22 bits per heavy atom. The molecule has 0 aliphatic rings. The number of benzene rings is 3. The summed E-state index contributed by atoms with van der Waals surface area (Å²) in [5.41, 5.74) is 2.93. The van der Waals surface area contributed by atoms with Gasteiger partial charge >= 0.3 is 0 Å². The normalized spacial score (nSPS) is 10.2. The number of hydrogen-bond acceptors (Lipinski definition) is 4. The number of thiocarbonyl (C=S) groups is 1. The highest BCUT2D eigenvalue weighted by molar-refractivity contribution is 7.80.